The van der Waals surface area contributed by atoms with Crippen LogP contribution in [0.2, 0.25) is 0 Å². The van der Waals surface area contributed by atoms with E-state index >= 15 is 0 Å². The van der Waals surface area contributed by atoms with Gasteiger partial charge in [0.05, 0.1) is 12.7 Å². The Balaban J connectivity index is 1.44. The van der Waals surface area contributed by atoms with E-state index in [-0.39, 0.29) is 6.10 Å². The lowest BCUT2D eigenvalue weighted by atomic mass is 10.0. The first-order valence-electron chi connectivity index (χ1n) is 8.85. The van der Waals surface area contributed by atoms with Crippen molar-refractivity contribution in [1.82, 2.24) is 10.2 Å². The van der Waals surface area contributed by atoms with E-state index < -0.39 is 0 Å². The SMILES string of the molecule is COCC(O)CN1CCC(NCc2ccc3ccccc3c2)CC1. The van der Waals surface area contributed by atoms with Gasteiger partial charge in [0.15, 0.2) is 0 Å². The summed E-state index contributed by atoms with van der Waals surface area (Å²) in [5.74, 6) is 0. The second kappa shape index (κ2) is 8.58. The molecule has 3 rings (SSSR count). The summed E-state index contributed by atoms with van der Waals surface area (Å²) in [7, 11) is 1.63. The maximum absolute atomic E-state index is 9.82. The highest BCUT2D eigenvalue weighted by molar-refractivity contribution is 5.82. The number of likely N-dealkylation sites (tertiary alicyclic amines) is 1. The minimum absolute atomic E-state index is 0.378. The summed E-state index contributed by atoms with van der Waals surface area (Å²) in [6.45, 7) is 4.12. The fraction of sp³-hybridized carbons (Fsp3) is 0.500. The summed E-state index contributed by atoms with van der Waals surface area (Å²) >= 11 is 0. The molecule has 4 nitrogen and oxygen atoms in total. The number of fused-ring (bicyclic) bond motifs is 1. The molecule has 0 saturated carbocycles. The van der Waals surface area contributed by atoms with Gasteiger partial charge in [-0.1, -0.05) is 36.4 Å². The molecule has 24 heavy (non-hydrogen) atoms. The van der Waals surface area contributed by atoms with Crippen LogP contribution in [-0.2, 0) is 11.3 Å². The largest absolute Gasteiger partial charge is 0.389 e. The van der Waals surface area contributed by atoms with Crippen LogP contribution in [0.5, 0.6) is 0 Å². The summed E-state index contributed by atoms with van der Waals surface area (Å²) in [6.07, 6.45) is 1.89. The molecule has 2 N–H and O–H groups in total. The van der Waals surface area contributed by atoms with Gasteiger partial charge in [0.2, 0.25) is 0 Å². The standard InChI is InChI=1S/C20H28N2O2/c1-24-15-20(23)14-22-10-8-19(9-11-22)21-13-16-6-7-17-4-2-3-5-18(17)12-16/h2-7,12,19-21,23H,8-11,13-15H2,1H3. The van der Waals surface area contributed by atoms with Gasteiger partial charge in [-0.3, -0.25) is 0 Å². The molecule has 1 unspecified atom stereocenters. The van der Waals surface area contributed by atoms with Crippen LogP contribution in [0, 0.1) is 0 Å². The molecule has 0 radical (unpaired) electrons. The molecule has 1 saturated heterocycles. The van der Waals surface area contributed by atoms with Gasteiger partial charge in [-0.25, -0.2) is 0 Å². The second-order valence-electron chi connectivity index (χ2n) is 6.75. The Kier molecular flexibility index (Phi) is 6.21. The Morgan fingerprint density at radius 1 is 1.17 bits per heavy atom. The zero-order chi connectivity index (χ0) is 16.8. The maximum atomic E-state index is 9.82. The highest BCUT2D eigenvalue weighted by Crippen LogP contribution is 2.16. The van der Waals surface area contributed by atoms with Gasteiger partial charge >= 0.3 is 0 Å². The number of nitrogens with zero attached hydrogens (tertiary/aromatic N) is 1. The van der Waals surface area contributed by atoms with E-state index in [4.69, 9.17) is 4.74 Å². The highest BCUT2D eigenvalue weighted by atomic mass is 16.5. The molecule has 130 valence electrons. The third kappa shape index (κ3) is 4.77. The summed E-state index contributed by atoms with van der Waals surface area (Å²) in [4.78, 5) is 2.33. The summed E-state index contributed by atoms with van der Waals surface area (Å²) in [6, 6.07) is 15.7. The van der Waals surface area contributed by atoms with Gasteiger partial charge < -0.3 is 20.1 Å². The van der Waals surface area contributed by atoms with Crippen molar-refractivity contribution in [3.05, 3.63) is 48.0 Å². The van der Waals surface area contributed by atoms with E-state index in [0.29, 0.717) is 19.2 Å². The van der Waals surface area contributed by atoms with Gasteiger partial charge in [-0.15, -0.1) is 0 Å². The van der Waals surface area contributed by atoms with Gasteiger partial charge in [0.1, 0.15) is 0 Å². The number of piperidine rings is 1. The van der Waals surface area contributed by atoms with Gasteiger partial charge in [0, 0.05) is 26.2 Å². The van der Waals surface area contributed by atoms with Crippen LogP contribution in [0.3, 0.4) is 0 Å². The fourth-order valence-electron chi connectivity index (χ4n) is 3.47. The molecule has 2 aromatic rings. The van der Waals surface area contributed by atoms with Crippen LogP contribution in [0.15, 0.2) is 42.5 Å². The highest BCUT2D eigenvalue weighted by Gasteiger charge is 2.20. The number of hydrogen-bond acceptors (Lipinski definition) is 4. The predicted molar refractivity (Wildman–Crippen MR) is 98.1 cm³/mol. The topological polar surface area (TPSA) is 44.7 Å². The van der Waals surface area contributed by atoms with Gasteiger partial charge in [0.25, 0.3) is 0 Å². The fourth-order valence-corrected chi connectivity index (χ4v) is 3.47. The number of nitrogens with one attached hydrogen (secondary N) is 1. The first kappa shape index (κ1) is 17.4. The van der Waals surface area contributed by atoms with Gasteiger partial charge in [-0.2, -0.15) is 0 Å². The van der Waals surface area contributed by atoms with E-state index in [9.17, 15) is 5.11 Å². The number of hydrogen-bond donors (Lipinski definition) is 2. The van der Waals surface area contributed by atoms with Crippen molar-refractivity contribution in [2.24, 2.45) is 0 Å². The average molecular weight is 328 g/mol. The number of β-amino-alcohol motifs (C(OH)–C–C–N with tert-alkyl or cyclic N) is 1. The van der Waals surface area contributed by atoms with E-state index in [1.807, 2.05) is 0 Å². The lowest BCUT2D eigenvalue weighted by molar-refractivity contribution is 0.0310. The number of aliphatic hydroxyl groups excluding tert-OH is 1. The number of methoxy groups -OCH3 is 1. The Bertz CT molecular complexity index is 638. The van der Waals surface area contributed by atoms with Crippen LogP contribution in [0.1, 0.15) is 18.4 Å². The number of rotatable bonds is 7. The molecule has 0 bridgehead atoms. The molecule has 1 fully saturated rings. The molecule has 0 spiro atoms. The lowest BCUT2D eigenvalue weighted by Gasteiger charge is -2.33. The van der Waals surface area contributed by atoms with E-state index in [2.05, 4.69) is 52.7 Å². The van der Waals surface area contributed by atoms with Crippen LogP contribution < -0.4 is 5.32 Å². The maximum Gasteiger partial charge on any atom is 0.0900 e. The van der Waals surface area contributed by atoms with Crippen molar-refractivity contribution in [3.8, 4) is 0 Å². The molecule has 0 amide bonds. The average Bonchev–Trinajstić information content (AvgIpc) is 2.61. The van der Waals surface area contributed by atoms with Crippen molar-refractivity contribution in [1.29, 1.82) is 0 Å². The molecule has 1 atom stereocenters. The number of benzene rings is 2. The quantitative estimate of drug-likeness (QED) is 0.819. The molecule has 1 aliphatic heterocycles. The molecule has 1 aliphatic rings. The monoisotopic (exact) mass is 328 g/mol. The predicted octanol–water partition coefficient (Wildman–Crippen LogP) is 2.40. The van der Waals surface area contributed by atoms with E-state index in [1.165, 1.54) is 16.3 Å². The zero-order valence-electron chi connectivity index (χ0n) is 14.4. The Hall–Kier alpha value is -1.46. The van der Waals surface area contributed by atoms with Crippen LogP contribution in [-0.4, -0.2) is 55.5 Å². The Labute approximate surface area is 144 Å². The minimum Gasteiger partial charge on any atom is -0.389 e. The van der Waals surface area contributed by atoms with Crippen molar-refractivity contribution in [2.75, 3.05) is 33.4 Å². The van der Waals surface area contributed by atoms with Crippen molar-refractivity contribution >= 4 is 10.8 Å². The molecule has 0 aliphatic carbocycles. The lowest BCUT2D eigenvalue weighted by Crippen LogP contribution is -2.45. The number of aliphatic hydroxyl groups is 1. The molecular weight excluding hydrogens is 300 g/mol. The number of ether oxygens (including phenoxy) is 1. The third-order valence-electron chi connectivity index (χ3n) is 4.82. The van der Waals surface area contributed by atoms with Crippen LogP contribution >= 0.6 is 0 Å². The molecular formula is C20H28N2O2. The first-order valence-corrected chi connectivity index (χ1v) is 8.85. The van der Waals surface area contributed by atoms with E-state index in [0.717, 1.165) is 32.5 Å². The second-order valence-corrected chi connectivity index (χ2v) is 6.75. The van der Waals surface area contributed by atoms with Crippen LogP contribution in [0.4, 0.5) is 0 Å². The third-order valence-corrected chi connectivity index (χ3v) is 4.82. The van der Waals surface area contributed by atoms with Crippen molar-refractivity contribution in [3.63, 3.8) is 0 Å². The summed E-state index contributed by atoms with van der Waals surface area (Å²) in [5.41, 5.74) is 1.34. The zero-order valence-corrected chi connectivity index (χ0v) is 14.4. The van der Waals surface area contributed by atoms with Crippen molar-refractivity contribution in [2.45, 2.75) is 31.5 Å². The van der Waals surface area contributed by atoms with Crippen molar-refractivity contribution < 1.29 is 9.84 Å². The van der Waals surface area contributed by atoms with Gasteiger partial charge in [-0.05, 0) is 48.3 Å². The summed E-state index contributed by atoms with van der Waals surface area (Å²) in [5, 5.41) is 16.1. The summed E-state index contributed by atoms with van der Waals surface area (Å²) < 4.78 is 5.00. The Morgan fingerprint density at radius 3 is 2.67 bits per heavy atom. The molecule has 1 heterocycles. The van der Waals surface area contributed by atoms with Crippen LogP contribution in [0.25, 0.3) is 10.8 Å². The molecule has 2 aromatic carbocycles. The molecule has 4 heteroatoms. The molecule has 0 aromatic heterocycles. The normalized spacial score (nSPS) is 18.1. The first-order chi connectivity index (χ1) is 11.7. The minimum atomic E-state index is -0.378. The van der Waals surface area contributed by atoms with E-state index in [1.54, 1.807) is 7.11 Å². The smallest absolute Gasteiger partial charge is 0.0900 e. The Morgan fingerprint density at radius 2 is 1.92 bits per heavy atom.